The van der Waals surface area contributed by atoms with Gasteiger partial charge in [-0.05, 0) is 61.4 Å². The Labute approximate surface area is 214 Å². The minimum absolute atomic E-state index is 0.0665. The van der Waals surface area contributed by atoms with Crippen LogP contribution in [0.25, 0.3) is 0 Å². The van der Waals surface area contributed by atoms with Crippen LogP contribution < -0.4 is 20.2 Å². The third-order valence-corrected chi connectivity index (χ3v) is 5.02. The van der Waals surface area contributed by atoms with Crippen molar-refractivity contribution in [2.24, 2.45) is 5.10 Å². The minimum atomic E-state index is -0.517. The summed E-state index contributed by atoms with van der Waals surface area (Å²) in [7, 11) is 1.52. The first-order chi connectivity index (χ1) is 17.9. The molecule has 2 amide bonds. The average molecular weight is 502 g/mol. The van der Waals surface area contributed by atoms with Crippen molar-refractivity contribution in [3.63, 3.8) is 0 Å². The molecule has 0 aliphatic rings. The molecule has 2 N–H and O–H groups in total. The van der Waals surface area contributed by atoms with Gasteiger partial charge in [-0.1, -0.05) is 18.2 Å². The Morgan fingerprint density at radius 3 is 2.49 bits per heavy atom. The number of para-hydroxylation sites is 1. The average Bonchev–Trinajstić information content (AvgIpc) is 2.88. The SMILES string of the molecule is COCc1cc(C)nc(OCC(=O)N/N=C/c2ccc(OCC(=O)Nc3ccccc3C)cc2)c1C#N. The van der Waals surface area contributed by atoms with Crippen LogP contribution >= 0.6 is 0 Å². The van der Waals surface area contributed by atoms with Gasteiger partial charge in [-0.2, -0.15) is 10.4 Å². The van der Waals surface area contributed by atoms with E-state index in [-0.39, 0.29) is 37.2 Å². The number of hydrazone groups is 1. The van der Waals surface area contributed by atoms with E-state index in [1.54, 1.807) is 37.3 Å². The topological polar surface area (TPSA) is 135 Å². The van der Waals surface area contributed by atoms with E-state index in [0.717, 1.165) is 11.3 Å². The maximum absolute atomic E-state index is 12.1. The van der Waals surface area contributed by atoms with Gasteiger partial charge in [-0.3, -0.25) is 9.59 Å². The van der Waals surface area contributed by atoms with E-state index < -0.39 is 5.91 Å². The van der Waals surface area contributed by atoms with Gasteiger partial charge in [-0.15, -0.1) is 0 Å². The highest BCUT2D eigenvalue weighted by Gasteiger charge is 2.14. The van der Waals surface area contributed by atoms with E-state index in [1.807, 2.05) is 37.3 Å². The van der Waals surface area contributed by atoms with Crippen LogP contribution in [-0.2, 0) is 20.9 Å². The lowest BCUT2D eigenvalue weighted by molar-refractivity contribution is -0.123. The monoisotopic (exact) mass is 501 g/mol. The fraction of sp³-hybridized carbons (Fsp3) is 0.222. The van der Waals surface area contributed by atoms with E-state index in [9.17, 15) is 14.9 Å². The Morgan fingerprint density at radius 2 is 1.78 bits per heavy atom. The number of aryl methyl sites for hydroxylation is 2. The lowest BCUT2D eigenvalue weighted by Gasteiger charge is -2.10. The quantitative estimate of drug-likeness (QED) is 0.304. The number of aromatic nitrogens is 1. The number of benzene rings is 2. The van der Waals surface area contributed by atoms with Crippen molar-refractivity contribution in [2.75, 3.05) is 25.6 Å². The van der Waals surface area contributed by atoms with Crippen LogP contribution in [0.3, 0.4) is 0 Å². The van der Waals surface area contributed by atoms with Gasteiger partial charge in [0.2, 0.25) is 5.88 Å². The molecule has 0 aliphatic heterocycles. The first-order valence-electron chi connectivity index (χ1n) is 11.3. The second kappa shape index (κ2) is 13.4. The van der Waals surface area contributed by atoms with Gasteiger partial charge in [-0.25, -0.2) is 10.4 Å². The van der Waals surface area contributed by atoms with Crippen molar-refractivity contribution in [2.45, 2.75) is 20.5 Å². The molecule has 10 heteroatoms. The molecule has 2 aromatic carbocycles. The molecule has 190 valence electrons. The van der Waals surface area contributed by atoms with E-state index in [1.165, 1.54) is 13.3 Å². The summed E-state index contributed by atoms with van der Waals surface area (Å²) >= 11 is 0. The number of amides is 2. The molecule has 0 saturated heterocycles. The third kappa shape index (κ3) is 8.16. The van der Waals surface area contributed by atoms with E-state index in [2.05, 4.69) is 20.8 Å². The molecular formula is C27H27N5O5. The number of nitrogens with one attached hydrogen (secondary N) is 2. The molecule has 10 nitrogen and oxygen atoms in total. The number of nitriles is 1. The van der Waals surface area contributed by atoms with Crippen LogP contribution in [0.4, 0.5) is 5.69 Å². The molecule has 0 atom stereocenters. The van der Waals surface area contributed by atoms with Gasteiger partial charge >= 0.3 is 0 Å². The third-order valence-electron chi connectivity index (χ3n) is 5.02. The number of methoxy groups -OCH3 is 1. The smallest absolute Gasteiger partial charge is 0.278 e. The van der Waals surface area contributed by atoms with Crippen molar-refractivity contribution >= 4 is 23.7 Å². The standard InChI is InChI=1S/C27H27N5O5/c1-18-6-4-5-7-24(18)31-25(33)16-36-22-10-8-20(9-11-22)14-29-32-26(34)17-37-27-23(13-28)21(15-35-3)12-19(2)30-27/h4-12,14H,15-17H2,1-3H3,(H,31,33)(H,32,34)/b29-14+. The fourth-order valence-electron chi connectivity index (χ4n) is 3.25. The van der Waals surface area contributed by atoms with Crippen LogP contribution in [-0.4, -0.2) is 43.3 Å². The molecule has 0 fully saturated rings. The molecule has 0 aliphatic carbocycles. The summed E-state index contributed by atoms with van der Waals surface area (Å²) in [4.78, 5) is 28.4. The maximum Gasteiger partial charge on any atom is 0.278 e. The summed E-state index contributed by atoms with van der Waals surface area (Å²) in [5, 5.41) is 16.1. The van der Waals surface area contributed by atoms with Crippen molar-refractivity contribution in [3.8, 4) is 17.7 Å². The van der Waals surface area contributed by atoms with Crippen LogP contribution in [0.1, 0.15) is 27.9 Å². The van der Waals surface area contributed by atoms with Crippen molar-refractivity contribution in [1.82, 2.24) is 10.4 Å². The molecule has 0 bridgehead atoms. The Bertz CT molecular complexity index is 1320. The van der Waals surface area contributed by atoms with E-state index in [0.29, 0.717) is 22.6 Å². The Morgan fingerprint density at radius 1 is 1.05 bits per heavy atom. The molecule has 1 aromatic heterocycles. The summed E-state index contributed by atoms with van der Waals surface area (Å²) in [5.74, 6) is -0.197. The van der Waals surface area contributed by atoms with Crippen LogP contribution in [0.15, 0.2) is 59.7 Å². The van der Waals surface area contributed by atoms with Gasteiger partial charge in [0.05, 0.1) is 12.8 Å². The number of hydrogen-bond acceptors (Lipinski definition) is 8. The molecule has 0 spiro atoms. The molecule has 0 saturated carbocycles. The van der Waals surface area contributed by atoms with Gasteiger partial charge in [0.15, 0.2) is 13.2 Å². The molecule has 3 aromatic rings. The predicted octanol–water partition coefficient (Wildman–Crippen LogP) is 3.26. The first-order valence-corrected chi connectivity index (χ1v) is 11.3. The number of pyridine rings is 1. The fourth-order valence-corrected chi connectivity index (χ4v) is 3.25. The Balaban J connectivity index is 1.45. The van der Waals surface area contributed by atoms with Gasteiger partial charge in [0.25, 0.3) is 11.8 Å². The summed E-state index contributed by atoms with van der Waals surface area (Å²) < 4.78 is 16.1. The zero-order chi connectivity index (χ0) is 26.6. The highest BCUT2D eigenvalue weighted by Crippen LogP contribution is 2.21. The van der Waals surface area contributed by atoms with Crippen molar-refractivity contribution in [1.29, 1.82) is 5.26 Å². The second-order valence-electron chi connectivity index (χ2n) is 7.95. The van der Waals surface area contributed by atoms with Crippen molar-refractivity contribution < 1.29 is 23.8 Å². The van der Waals surface area contributed by atoms with Crippen LogP contribution in [0.5, 0.6) is 11.6 Å². The highest BCUT2D eigenvalue weighted by atomic mass is 16.5. The predicted molar refractivity (Wildman–Crippen MR) is 137 cm³/mol. The number of anilines is 1. The van der Waals surface area contributed by atoms with Crippen LogP contribution in [0, 0.1) is 25.2 Å². The summed E-state index contributed by atoms with van der Waals surface area (Å²) in [5.41, 5.74) is 6.26. The van der Waals surface area contributed by atoms with Gasteiger partial charge < -0.3 is 19.5 Å². The number of ether oxygens (including phenoxy) is 3. The molecule has 37 heavy (non-hydrogen) atoms. The number of carbonyl (C=O) groups is 2. The molecule has 0 unspecified atom stereocenters. The van der Waals surface area contributed by atoms with Crippen LogP contribution in [0.2, 0.25) is 0 Å². The number of nitrogens with zero attached hydrogens (tertiary/aromatic N) is 3. The molecular weight excluding hydrogens is 474 g/mol. The lowest BCUT2D eigenvalue weighted by Crippen LogP contribution is -2.25. The largest absolute Gasteiger partial charge is 0.484 e. The lowest BCUT2D eigenvalue weighted by atomic mass is 10.1. The zero-order valence-corrected chi connectivity index (χ0v) is 20.8. The number of hydrogen-bond donors (Lipinski definition) is 2. The summed E-state index contributed by atoms with van der Waals surface area (Å²) in [6.07, 6.45) is 1.45. The molecule has 0 radical (unpaired) electrons. The van der Waals surface area contributed by atoms with E-state index >= 15 is 0 Å². The second-order valence-corrected chi connectivity index (χ2v) is 7.95. The van der Waals surface area contributed by atoms with Gasteiger partial charge in [0, 0.05) is 24.1 Å². The minimum Gasteiger partial charge on any atom is -0.484 e. The highest BCUT2D eigenvalue weighted by molar-refractivity contribution is 5.92. The van der Waals surface area contributed by atoms with Crippen molar-refractivity contribution in [3.05, 3.63) is 82.5 Å². The summed E-state index contributed by atoms with van der Waals surface area (Å²) in [6, 6.07) is 18.1. The number of rotatable bonds is 11. The Kier molecular flexibility index (Phi) is 9.70. The molecule has 1 heterocycles. The normalized spacial score (nSPS) is 10.5. The maximum atomic E-state index is 12.1. The van der Waals surface area contributed by atoms with E-state index in [4.69, 9.17) is 14.2 Å². The molecule has 3 rings (SSSR count). The number of carbonyl (C=O) groups excluding carboxylic acids is 2. The Hall–Kier alpha value is -4.75. The van der Waals surface area contributed by atoms with Gasteiger partial charge in [0.1, 0.15) is 17.4 Å². The first kappa shape index (κ1) is 26.8. The summed E-state index contributed by atoms with van der Waals surface area (Å²) in [6.45, 7) is 3.40. The zero-order valence-electron chi connectivity index (χ0n) is 20.8.